The molecule has 1 saturated carbocycles. The van der Waals surface area contributed by atoms with Crippen LogP contribution in [0.4, 0.5) is 11.4 Å². The van der Waals surface area contributed by atoms with Crippen molar-refractivity contribution in [1.29, 1.82) is 0 Å². The molecule has 2 aromatic rings. The van der Waals surface area contributed by atoms with Crippen molar-refractivity contribution in [3.63, 3.8) is 0 Å². The van der Waals surface area contributed by atoms with E-state index in [0.29, 0.717) is 12.1 Å². The van der Waals surface area contributed by atoms with Crippen LogP contribution in [-0.2, 0) is 20.4 Å². The normalized spacial score (nSPS) is 23.6. The molecule has 29 heavy (non-hydrogen) atoms. The average Bonchev–Trinajstić information content (AvgIpc) is 3.45. The Hall–Kier alpha value is -2.22. The van der Waals surface area contributed by atoms with E-state index >= 15 is 0 Å². The van der Waals surface area contributed by atoms with Gasteiger partial charge in [0.1, 0.15) is 0 Å². The van der Waals surface area contributed by atoms with Gasteiger partial charge in [0.25, 0.3) is 0 Å². The minimum Gasteiger partial charge on any atom is -0.504 e. The summed E-state index contributed by atoms with van der Waals surface area (Å²) in [6.07, 6.45) is 13.6. The second kappa shape index (κ2) is 9.07. The van der Waals surface area contributed by atoms with Crippen LogP contribution in [0.15, 0.2) is 73.3 Å². The van der Waals surface area contributed by atoms with Gasteiger partial charge >= 0.3 is 0 Å². The third-order valence-electron chi connectivity index (χ3n) is 5.72. The molecule has 0 bridgehead atoms. The van der Waals surface area contributed by atoms with Gasteiger partial charge < -0.3 is 19.6 Å². The summed E-state index contributed by atoms with van der Waals surface area (Å²) in [4.78, 5) is 9.06. The van der Waals surface area contributed by atoms with E-state index in [9.17, 15) is 0 Å². The van der Waals surface area contributed by atoms with E-state index < -0.39 is 0 Å². The second-order valence-corrected chi connectivity index (χ2v) is 7.45. The Morgan fingerprint density at radius 2 is 1.17 bits per heavy atom. The largest absolute Gasteiger partial charge is 0.504 e. The van der Waals surface area contributed by atoms with E-state index in [1.807, 2.05) is 24.3 Å². The average molecular weight is 475 g/mol. The van der Waals surface area contributed by atoms with Crippen LogP contribution in [0.5, 0.6) is 0 Å². The van der Waals surface area contributed by atoms with Crippen LogP contribution >= 0.6 is 0 Å². The van der Waals surface area contributed by atoms with Crippen LogP contribution in [0.1, 0.15) is 25.7 Å². The van der Waals surface area contributed by atoms with Crippen molar-refractivity contribution in [2.75, 3.05) is 9.80 Å². The summed E-state index contributed by atoms with van der Waals surface area (Å²) in [5, 5.41) is 0. The van der Waals surface area contributed by atoms with E-state index in [0.717, 1.165) is 11.4 Å². The molecule has 0 N–H and O–H groups in total. The molecule has 0 saturated heterocycles. The van der Waals surface area contributed by atoms with Gasteiger partial charge in [-0.2, -0.15) is 74.0 Å². The number of anilines is 2. The Morgan fingerprint density at radius 1 is 0.690 bits per heavy atom. The molecular weight excluding hydrogens is 451 g/mol. The Kier molecular flexibility index (Phi) is 6.28. The molecule has 5 heteroatoms. The molecule has 154 valence electrons. The van der Waals surface area contributed by atoms with E-state index in [-0.39, 0.29) is 20.4 Å². The first kappa shape index (κ1) is 20.1. The standard InChI is InChI=1S/C24H24N4.Pd/c1-3-9-21(10-4-1)25-15-17-27(19-25)23-13-7-8-14-24(23)28-18-16-26(20-28)22-11-5-2-6-12-22;/h1-6,9,11,15-20,23-24H,7-8,13-14H2;/q-4;. The van der Waals surface area contributed by atoms with Crippen molar-refractivity contribution in [2.45, 2.75) is 37.8 Å². The number of para-hydroxylation sites is 2. The van der Waals surface area contributed by atoms with Gasteiger partial charge in [0.05, 0.1) is 0 Å². The maximum absolute atomic E-state index is 3.30. The maximum Gasteiger partial charge on any atom is 0.0196 e. The number of hydrogen-bond acceptors (Lipinski definition) is 4. The van der Waals surface area contributed by atoms with Gasteiger partial charge in [0.2, 0.25) is 0 Å². The number of hydrogen-bond donors (Lipinski definition) is 0. The summed E-state index contributed by atoms with van der Waals surface area (Å²) in [7, 11) is 0. The fourth-order valence-electron chi connectivity index (χ4n) is 4.29. The van der Waals surface area contributed by atoms with Gasteiger partial charge in [-0.25, -0.2) is 0 Å². The first-order valence-electron chi connectivity index (χ1n) is 10.0. The summed E-state index contributed by atoms with van der Waals surface area (Å²) < 4.78 is 0. The third-order valence-corrected chi connectivity index (χ3v) is 5.72. The molecular formula is C24H24N4Pd-4. The summed E-state index contributed by atoms with van der Waals surface area (Å²) in [6, 6.07) is 23.7. The molecule has 4 nitrogen and oxygen atoms in total. The van der Waals surface area contributed by atoms with Crippen LogP contribution in [0, 0.1) is 25.5 Å². The molecule has 1 aliphatic carbocycles. The fraction of sp³-hybridized carbons (Fsp3) is 0.250. The van der Waals surface area contributed by atoms with Crippen molar-refractivity contribution in [3.05, 3.63) is 98.8 Å². The quantitative estimate of drug-likeness (QED) is 0.469. The molecule has 5 rings (SSSR count). The molecule has 0 amide bonds. The predicted octanol–water partition coefficient (Wildman–Crippen LogP) is 4.72. The van der Waals surface area contributed by atoms with Crippen molar-refractivity contribution in [3.8, 4) is 0 Å². The first-order valence-corrected chi connectivity index (χ1v) is 10.0. The Labute approximate surface area is 187 Å². The molecule has 2 aromatic carbocycles. The smallest absolute Gasteiger partial charge is 0.0196 e. The number of rotatable bonds is 4. The molecule has 3 aliphatic rings. The van der Waals surface area contributed by atoms with E-state index in [2.05, 4.69) is 94.1 Å². The van der Waals surface area contributed by atoms with Crippen molar-refractivity contribution in [2.24, 2.45) is 0 Å². The zero-order chi connectivity index (χ0) is 18.8. The van der Waals surface area contributed by atoms with Crippen LogP contribution in [-0.4, -0.2) is 21.9 Å². The molecule has 2 unspecified atom stereocenters. The predicted molar refractivity (Wildman–Crippen MR) is 112 cm³/mol. The Bertz CT molecular complexity index is 767. The topological polar surface area (TPSA) is 13.0 Å². The molecule has 0 radical (unpaired) electrons. The molecule has 2 atom stereocenters. The summed E-state index contributed by atoms with van der Waals surface area (Å²) in [5.74, 6) is 0. The molecule has 1 fully saturated rings. The van der Waals surface area contributed by atoms with Crippen molar-refractivity contribution < 1.29 is 20.4 Å². The van der Waals surface area contributed by atoms with E-state index in [1.165, 1.54) is 25.7 Å². The van der Waals surface area contributed by atoms with Gasteiger partial charge in [0, 0.05) is 32.5 Å². The zero-order valence-corrected chi connectivity index (χ0v) is 17.7. The van der Waals surface area contributed by atoms with Gasteiger partial charge in [-0.05, 0) is 37.6 Å². The van der Waals surface area contributed by atoms with Crippen molar-refractivity contribution in [1.82, 2.24) is 9.80 Å². The fourth-order valence-corrected chi connectivity index (χ4v) is 4.29. The van der Waals surface area contributed by atoms with Crippen molar-refractivity contribution >= 4 is 11.4 Å². The molecule has 2 heterocycles. The maximum atomic E-state index is 3.30. The molecule has 2 aliphatic heterocycles. The van der Waals surface area contributed by atoms with Gasteiger partial charge in [-0.3, -0.25) is 0 Å². The SMILES string of the molecule is [Pd].[c-]1ccccc1N1C=CN(C2CCCCC2N2C=CN(c3[c-]cccc3)[CH-]2)[CH-]1. The van der Waals surface area contributed by atoms with Gasteiger partial charge in [0.15, 0.2) is 0 Å². The number of nitrogens with zero attached hydrogens (tertiary/aromatic N) is 4. The van der Waals surface area contributed by atoms with E-state index in [4.69, 9.17) is 0 Å². The zero-order valence-electron chi connectivity index (χ0n) is 16.2. The molecule has 0 spiro atoms. The third kappa shape index (κ3) is 4.22. The summed E-state index contributed by atoms with van der Waals surface area (Å²) in [6.45, 7) is 4.41. The van der Waals surface area contributed by atoms with Crippen LogP contribution < -0.4 is 9.80 Å². The van der Waals surface area contributed by atoms with Gasteiger partial charge in [-0.15, -0.1) is 11.4 Å². The summed E-state index contributed by atoms with van der Waals surface area (Å²) in [5.41, 5.74) is 2.15. The Balaban J connectivity index is 0.00000205. The summed E-state index contributed by atoms with van der Waals surface area (Å²) >= 11 is 0. The minimum absolute atomic E-state index is 0. The second-order valence-electron chi connectivity index (χ2n) is 7.45. The first-order chi connectivity index (χ1) is 13.9. The molecule has 0 aromatic heterocycles. The monoisotopic (exact) mass is 474 g/mol. The Morgan fingerprint density at radius 3 is 1.59 bits per heavy atom. The van der Waals surface area contributed by atoms with Crippen LogP contribution in [0.3, 0.4) is 0 Å². The van der Waals surface area contributed by atoms with Crippen LogP contribution in [0.2, 0.25) is 0 Å². The van der Waals surface area contributed by atoms with Crippen LogP contribution in [0.25, 0.3) is 0 Å². The van der Waals surface area contributed by atoms with E-state index in [1.54, 1.807) is 0 Å². The number of benzene rings is 2. The van der Waals surface area contributed by atoms with Gasteiger partial charge in [-0.1, -0.05) is 12.8 Å². The minimum atomic E-state index is 0.